The third kappa shape index (κ3) is 2.97. The lowest BCUT2D eigenvalue weighted by atomic mass is 10.1. The van der Waals surface area contributed by atoms with Crippen molar-refractivity contribution in [1.29, 1.82) is 0 Å². The fraction of sp³-hybridized carbons (Fsp3) is 0.389. The lowest BCUT2D eigenvalue weighted by molar-refractivity contribution is 0.324. The molecule has 1 aromatic carbocycles. The molecule has 0 saturated carbocycles. The maximum atomic E-state index is 5.42. The van der Waals surface area contributed by atoms with Crippen molar-refractivity contribution in [2.24, 2.45) is 7.05 Å². The summed E-state index contributed by atoms with van der Waals surface area (Å²) in [5, 5.41) is 4.55. The van der Waals surface area contributed by atoms with Crippen LogP contribution in [0, 0.1) is 0 Å². The summed E-state index contributed by atoms with van der Waals surface area (Å²) in [7, 11) is 6.66. The summed E-state index contributed by atoms with van der Waals surface area (Å²) in [6, 6.07) is 3.69. The first-order valence-corrected chi connectivity index (χ1v) is 8.11. The zero-order valence-electron chi connectivity index (χ0n) is 15.2. The largest absolute Gasteiger partial charge is 0.493 e. The Morgan fingerprint density at radius 2 is 1.72 bits per heavy atom. The molecule has 0 saturated heterocycles. The van der Waals surface area contributed by atoms with Crippen LogP contribution in [0.1, 0.15) is 19.0 Å². The van der Waals surface area contributed by atoms with Gasteiger partial charge in [-0.2, -0.15) is 5.10 Å². The van der Waals surface area contributed by atoms with Gasteiger partial charge < -0.3 is 14.2 Å². The molecule has 0 spiro atoms. The average molecular weight is 342 g/mol. The molecule has 0 bridgehead atoms. The second-order valence-corrected chi connectivity index (χ2v) is 5.66. The smallest absolute Gasteiger partial charge is 0.203 e. The second kappa shape index (κ2) is 6.96. The van der Waals surface area contributed by atoms with Crippen molar-refractivity contribution in [2.45, 2.75) is 19.8 Å². The van der Waals surface area contributed by atoms with Gasteiger partial charge in [-0.05, 0) is 18.6 Å². The highest BCUT2D eigenvalue weighted by molar-refractivity contribution is 5.79. The van der Waals surface area contributed by atoms with Crippen molar-refractivity contribution < 1.29 is 14.2 Å². The van der Waals surface area contributed by atoms with Crippen molar-refractivity contribution >= 4 is 11.0 Å². The van der Waals surface area contributed by atoms with Crippen LogP contribution < -0.4 is 14.2 Å². The number of aromatic nitrogens is 4. The van der Waals surface area contributed by atoms with Crippen LogP contribution in [0.25, 0.3) is 22.4 Å². The first-order chi connectivity index (χ1) is 12.1. The molecule has 25 heavy (non-hydrogen) atoms. The summed E-state index contributed by atoms with van der Waals surface area (Å²) < 4.78 is 18.0. The van der Waals surface area contributed by atoms with Gasteiger partial charge in [0.25, 0.3) is 0 Å². The molecule has 0 radical (unpaired) electrons. The molecule has 0 fully saturated rings. The van der Waals surface area contributed by atoms with E-state index >= 15 is 0 Å². The molecule has 0 N–H and O–H groups in total. The minimum Gasteiger partial charge on any atom is -0.493 e. The zero-order valence-corrected chi connectivity index (χ0v) is 15.2. The van der Waals surface area contributed by atoms with Crippen LogP contribution >= 0.6 is 0 Å². The van der Waals surface area contributed by atoms with Crippen molar-refractivity contribution in [2.75, 3.05) is 21.3 Å². The fourth-order valence-electron chi connectivity index (χ4n) is 2.86. The molecule has 2 heterocycles. The lowest BCUT2D eigenvalue weighted by Crippen LogP contribution is -1.97. The Kier molecular flexibility index (Phi) is 4.74. The van der Waals surface area contributed by atoms with E-state index in [1.54, 1.807) is 27.5 Å². The van der Waals surface area contributed by atoms with Crippen molar-refractivity contribution in [3.63, 3.8) is 0 Å². The van der Waals surface area contributed by atoms with Crippen molar-refractivity contribution in [1.82, 2.24) is 19.7 Å². The van der Waals surface area contributed by atoms with Gasteiger partial charge in [0.1, 0.15) is 11.0 Å². The van der Waals surface area contributed by atoms with E-state index in [4.69, 9.17) is 19.2 Å². The predicted molar refractivity (Wildman–Crippen MR) is 95.4 cm³/mol. The summed E-state index contributed by atoms with van der Waals surface area (Å²) in [5.41, 5.74) is 3.57. The summed E-state index contributed by atoms with van der Waals surface area (Å²) >= 11 is 0. The predicted octanol–water partition coefficient (Wildman–Crippen LogP) is 3.01. The molecule has 0 aliphatic rings. The Morgan fingerprint density at radius 3 is 2.28 bits per heavy atom. The number of methoxy groups -OCH3 is 3. The zero-order chi connectivity index (χ0) is 18.0. The molecular formula is C18H22N4O3. The lowest BCUT2D eigenvalue weighted by Gasteiger charge is -2.13. The number of aryl methyl sites for hydroxylation is 2. The summed E-state index contributed by atoms with van der Waals surface area (Å²) in [5.74, 6) is 2.28. The van der Waals surface area contributed by atoms with Crippen LogP contribution in [0.5, 0.6) is 17.2 Å². The van der Waals surface area contributed by atoms with Gasteiger partial charge in [-0.25, -0.2) is 9.97 Å². The van der Waals surface area contributed by atoms with Crippen molar-refractivity contribution in [3.8, 4) is 28.6 Å². The molecule has 0 unspecified atom stereocenters. The molecular weight excluding hydrogens is 320 g/mol. The van der Waals surface area contributed by atoms with E-state index in [1.807, 2.05) is 23.9 Å². The average Bonchev–Trinajstić information content (AvgIpc) is 2.96. The molecule has 0 amide bonds. The molecule has 3 rings (SSSR count). The molecule has 7 nitrogen and oxygen atoms in total. The van der Waals surface area contributed by atoms with E-state index in [1.165, 1.54) is 0 Å². The quantitative estimate of drug-likeness (QED) is 0.686. The maximum Gasteiger partial charge on any atom is 0.203 e. The molecule has 7 heteroatoms. The van der Waals surface area contributed by atoms with E-state index < -0.39 is 0 Å². The Morgan fingerprint density at radius 1 is 1.04 bits per heavy atom. The number of hydrogen-bond donors (Lipinski definition) is 0. The molecule has 0 atom stereocenters. The summed E-state index contributed by atoms with van der Waals surface area (Å²) in [6.07, 6.45) is 3.69. The molecule has 132 valence electrons. The first kappa shape index (κ1) is 17.0. The van der Waals surface area contributed by atoms with E-state index in [-0.39, 0.29) is 0 Å². The number of rotatable bonds is 6. The summed E-state index contributed by atoms with van der Waals surface area (Å²) in [6.45, 7) is 2.13. The molecule has 3 aromatic rings. The Hall–Kier alpha value is -2.83. The van der Waals surface area contributed by atoms with Gasteiger partial charge in [0, 0.05) is 12.6 Å². The molecule has 2 aromatic heterocycles. The van der Waals surface area contributed by atoms with Crippen LogP contribution in [0.4, 0.5) is 0 Å². The number of hydrogen-bond acceptors (Lipinski definition) is 6. The van der Waals surface area contributed by atoms with E-state index in [0.717, 1.165) is 35.1 Å². The molecule has 0 aliphatic carbocycles. The minimum absolute atomic E-state index is 0.544. The highest BCUT2D eigenvalue weighted by atomic mass is 16.5. The van der Waals surface area contributed by atoms with Crippen LogP contribution in [0.2, 0.25) is 0 Å². The van der Waals surface area contributed by atoms with Crippen LogP contribution in [-0.4, -0.2) is 41.1 Å². The number of ether oxygens (including phenoxy) is 3. The highest BCUT2D eigenvalue weighted by Gasteiger charge is 2.17. The van der Waals surface area contributed by atoms with Crippen LogP contribution in [0.15, 0.2) is 18.3 Å². The SMILES string of the molecule is CCCc1nn(C)c2cnc(-c3cc(OC)c(OC)c(OC)c3)nc12. The van der Waals surface area contributed by atoms with Gasteiger partial charge in [-0.3, -0.25) is 4.68 Å². The first-order valence-electron chi connectivity index (χ1n) is 8.11. The Balaban J connectivity index is 2.17. The van der Waals surface area contributed by atoms with Gasteiger partial charge >= 0.3 is 0 Å². The number of fused-ring (bicyclic) bond motifs is 1. The van der Waals surface area contributed by atoms with Crippen molar-refractivity contribution in [3.05, 3.63) is 24.0 Å². The van der Waals surface area contributed by atoms with E-state index in [2.05, 4.69) is 17.0 Å². The van der Waals surface area contributed by atoms with E-state index in [9.17, 15) is 0 Å². The number of nitrogens with zero attached hydrogens (tertiary/aromatic N) is 4. The third-order valence-corrected chi connectivity index (χ3v) is 4.07. The normalized spacial score (nSPS) is 10.9. The van der Waals surface area contributed by atoms with E-state index in [0.29, 0.717) is 23.1 Å². The van der Waals surface area contributed by atoms with Gasteiger partial charge in [0.15, 0.2) is 17.3 Å². The fourth-order valence-corrected chi connectivity index (χ4v) is 2.86. The number of benzene rings is 1. The van der Waals surface area contributed by atoms with Gasteiger partial charge in [0.05, 0.1) is 33.2 Å². The monoisotopic (exact) mass is 342 g/mol. The highest BCUT2D eigenvalue weighted by Crippen LogP contribution is 2.40. The van der Waals surface area contributed by atoms with Gasteiger partial charge in [-0.15, -0.1) is 0 Å². The van der Waals surface area contributed by atoms with Gasteiger partial charge in [0.2, 0.25) is 5.75 Å². The van der Waals surface area contributed by atoms with Crippen LogP contribution in [0.3, 0.4) is 0 Å². The minimum atomic E-state index is 0.544. The topological polar surface area (TPSA) is 71.3 Å². The standard InChI is InChI=1S/C18H22N4O3/c1-6-7-12-16-13(22(2)21-12)10-19-18(20-16)11-8-14(23-3)17(25-5)15(9-11)24-4/h8-10H,6-7H2,1-5H3. The Bertz CT molecular complexity index is 880. The maximum absolute atomic E-state index is 5.42. The third-order valence-electron chi connectivity index (χ3n) is 4.07. The summed E-state index contributed by atoms with van der Waals surface area (Å²) in [4.78, 5) is 9.24. The Labute approximate surface area is 146 Å². The molecule has 0 aliphatic heterocycles. The van der Waals surface area contributed by atoms with Crippen LogP contribution in [-0.2, 0) is 13.5 Å². The second-order valence-electron chi connectivity index (χ2n) is 5.66. The van der Waals surface area contributed by atoms with Gasteiger partial charge in [-0.1, -0.05) is 13.3 Å².